The molecule has 0 bridgehead atoms. The van der Waals surface area contributed by atoms with Gasteiger partial charge in [0.2, 0.25) is 5.88 Å². The second kappa shape index (κ2) is 7.27. The Morgan fingerprint density at radius 2 is 2.05 bits per heavy atom. The van der Waals surface area contributed by atoms with E-state index >= 15 is 0 Å². The van der Waals surface area contributed by atoms with E-state index in [1.165, 1.54) is 6.33 Å². The zero-order chi connectivity index (χ0) is 15.2. The van der Waals surface area contributed by atoms with E-state index in [1.54, 1.807) is 0 Å². The van der Waals surface area contributed by atoms with E-state index in [0.717, 1.165) is 42.1 Å². The van der Waals surface area contributed by atoms with Crippen molar-refractivity contribution in [2.75, 3.05) is 11.9 Å². The number of aromatic nitrogens is 2. The topological polar surface area (TPSA) is 47.0 Å². The first-order valence-corrected chi connectivity index (χ1v) is 7.55. The lowest BCUT2D eigenvalue weighted by atomic mass is 10.1. The van der Waals surface area contributed by atoms with Gasteiger partial charge in [0.15, 0.2) is 0 Å². The first-order valence-electron chi connectivity index (χ1n) is 7.17. The van der Waals surface area contributed by atoms with Gasteiger partial charge in [-0.3, -0.25) is 0 Å². The van der Waals surface area contributed by atoms with Crippen molar-refractivity contribution in [2.24, 2.45) is 0 Å². The molecular formula is C16H20ClN3O. The van der Waals surface area contributed by atoms with Gasteiger partial charge in [0.05, 0.1) is 5.56 Å². The quantitative estimate of drug-likeness (QED) is 0.846. The van der Waals surface area contributed by atoms with Crippen LogP contribution in [0.2, 0.25) is 5.02 Å². The van der Waals surface area contributed by atoms with Crippen LogP contribution in [0.1, 0.15) is 31.4 Å². The summed E-state index contributed by atoms with van der Waals surface area (Å²) in [6.45, 7) is 6.95. The van der Waals surface area contributed by atoms with Crippen LogP contribution in [0.5, 0.6) is 11.6 Å². The summed E-state index contributed by atoms with van der Waals surface area (Å²) in [7, 11) is 0. The van der Waals surface area contributed by atoms with E-state index < -0.39 is 0 Å². The van der Waals surface area contributed by atoms with Crippen LogP contribution >= 0.6 is 11.6 Å². The number of nitrogens with one attached hydrogen (secondary N) is 1. The number of nitrogens with zero attached hydrogens (tertiary/aromatic N) is 2. The van der Waals surface area contributed by atoms with E-state index in [0.29, 0.717) is 10.9 Å². The molecule has 0 radical (unpaired) electrons. The SMILES string of the molecule is CCCc1c(NCC)ncnc1Oc1ccc(Cl)cc1C. The van der Waals surface area contributed by atoms with Crippen molar-refractivity contribution >= 4 is 17.4 Å². The molecule has 0 saturated heterocycles. The third kappa shape index (κ3) is 3.85. The van der Waals surface area contributed by atoms with E-state index in [9.17, 15) is 0 Å². The number of rotatable bonds is 6. The number of benzene rings is 1. The zero-order valence-corrected chi connectivity index (χ0v) is 13.4. The Kier molecular flexibility index (Phi) is 5.39. The van der Waals surface area contributed by atoms with Gasteiger partial charge in [-0.2, -0.15) is 0 Å². The number of halogens is 1. The molecule has 2 rings (SSSR count). The molecule has 5 heteroatoms. The highest BCUT2D eigenvalue weighted by Gasteiger charge is 2.13. The summed E-state index contributed by atoms with van der Waals surface area (Å²) < 4.78 is 5.99. The minimum Gasteiger partial charge on any atom is -0.438 e. The first-order chi connectivity index (χ1) is 10.2. The van der Waals surface area contributed by atoms with Gasteiger partial charge in [0.1, 0.15) is 17.9 Å². The average Bonchev–Trinajstić information content (AvgIpc) is 2.45. The molecule has 2 aromatic rings. The first kappa shape index (κ1) is 15.6. The van der Waals surface area contributed by atoms with Crippen LogP contribution in [0.3, 0.4) is 0 Å². The lowest BCUT2D eigenvalue weighted by Gasteiger charge is -2.14. The highest BCUT2D eigenvalue weighted by Crippen LogP contribution is 2.31. The molecule has 0 spiro atoms. The number of hydrogen-bond donors (Lipinski definition) is 1. The standard InChI is InChI=1S/C16H20ClN3O/c1-4-6-13-15(18-5-2)19-10-20-16(13)21-14-8-7-12(17)9-11(14)3/h7-10H,4-6H2,1-3H3,(H,18,19,20). The van der Waals surface area contributed by atoms with E-state index in [-0.39, 0.29) is 0 Å². The van der Waals surface area contributed by atoms with Crippen LogP contribution in [0.4, 0.5) is 5.82 Å². The van der Waals surface area contributed by atoms with Crippen LogP contribution in [0, 0.1) is 6.92 Å². The normalized spacial score (nSPS) is 10.5. The van der Waals surface area contributed by atoms with Gasteiger partial charge in [0.25, 0.3) is 0 Å². The summed E-state index contributed by atoms with van der Waals surface area (Å²) >= 11 is 5.98. The van der Waals surface area contributed by atoms with Gasteiger partial charge in [-0.15, -0.1) is 0 Å². The van der Waals surface area contributed by atoms with Crippen LogP contribution in [-0.4, -0.2) is 16.5 Å². The molecule has 1 aromatic heterocycles. The second-order valence-corrected chi connectivity index (χ2v) is 5.23. The summed E-state index contributed by atoms with van der Waals surface area (Å²) in [6.07, 6.45) is 3.39. The molecule has 1 N–H and O–H groups in total. The maximum atomic E-state index is 5.99. The molecule has 4 nitrogen and oxygen atoms in total. The van der Waals surface area contributed by atoms with Gasteiger partial charge in [-0.25, -0.2) is 9.97 Å². The van der Waals surface area contributed by atoms with Crippen LogP contribution < -0.4 is 10.1 Å². The van der Waals surface area contributed by atoms with Gasteiger partial charge in [0, 0.05) is 11.6 Å². The highest BCUT2D eigenvalue weighted by molar-refractivity contribution is 6.30. The molecule has 0 aliphatic heterocycles. The van der Waals surface area contributed by atoms with Gasteiger partial charge in [-0.05, 0) is 44.0 Å². The fourth-order valence-electron chi connectivity index (χ4n) is 2.11. The largest absolute Gasteiger partial charge is 0.438 e. The van der Waals surface area contributed by atoms with Crippen LogP contribution in [-0.2, 0) is 6.42 Å². The Labute approximate surface area is 130 Å². The van der Waals surface area contributed by atoms with Gasteiger partial charge in [-0.1, -0.05) is 24.9 Å². The summed E-state index contributed by atoms with van der Waals surface area (Å²) in [5, 5.41) is 3.96. The fraction of sp³-hybridized carbons (Fsp3) is 0.375. The molecule has 0 aliphatic rings. The summed E-state index contributed by atoms with van der Waals surface area (Å²) in [6, 6.07) is 5.56. The fourth-order valence-corrected chi connectivity index (χ4v) is 2.34. The number of aryl methyl sites for hydroxylation is 1. The third-order valence-corrected chi connectivity index (χ3v) is 3.33. The molecule has 0 fully saturated rings. The summed E-state index contributed by atoms with van der Waals surface area (Å²) in [5.74, 6) is 2.21. The molecule has 112 valence electrons. The van der Waals surface area contributed by atoms with Crippen molar-refractivity contribution < 1.29 is 4.74 Å². The Morgan fingerprint density at radius 3 is 2.71 bits per heavy atom. The molecule has 0 saturated carbocycles. The highest BCUT2D eigenvalue weighted by atomic mass is 35.5. The van der Waals surface area contributed by atoms with E-state index in [4.69, 9.17) is 16.3 Å². The molecule has 1 heterocycles. The molecule has 21 heavy (non-hydrogen) atoms. The Balaban J connectivity index is 2.36. The Morgan fingerprint density at radius 1 is 1.24 bits per heavy atom. The molecule has 0 atom stereocenters. The molecule has 0 aliphatic carbocycles. The van der Waals surface area contributed by atoms with Crippen molar-refractivity contribution in [1.82, 2.24) is 9.97 Å². The predicted molar refractivity (Wildman–Crippen MR) is 86.5 cm³/mol. The van der Waals surface area contributed by atoms with Crippen molar-refractivity contribution in [2.45, 2.75) is 33.6 Å². The van der Waals surface area contributed by atoms with E-state index in [2.05, 4.69) is 22.2 Å². The summed E-state index contributed by atoms with van der Waals surface area (Å²) in [4.78, 5) is 8.60. The van der Waals surface area contributed by atoms with Crippen molar-refractivity contribution in [3.8, 4) is 11.6 Å². The summed E-state index contributed by atoms with van der Waals surface area (Å²) in [5.41, 5.74) is 1.99. The molecular weight excluding hydrogens is 286 g/mol. The molecule has 1 aromatic carbocycles. The van der Waals surface area contributed by atoms with Crippen LogP contribution in [0.15, 0.2) is 24.5 Å². The average molecular weight is 306 g/mol. The Bertz CT molecular complexity index is 616. The smallest absolute Gasteiger partial charge is 0.227 e. The number of anilines is 1. The van der Waals surface area contributed by atoms with Gasteiger partial charge >= 0.3 is 0 Å². The van der Waals surface area contributed by atoms with Crippen LogP contribution in [0.25, 0.3) is 0 Å². The van der Waals surface area contributed by atoms with E-state index in [1.807, 2.05) is 32.0 Å². The molecule has 0 unspecified atom stereocenters. The Hall–Kier alpha value is -1.81. The zero-order valence-electron chi connectivity index (χ0n) is 12.6. The van der Waals surface area contributed by atoms with Crippen molar-refractivity contribution in [3.05, 3.63) is 40.7 Å². The monoisotopic (exact) mass is 305 g/mol. The predicted octanol–water partition coefficient (Wildman–Crippen LogP) is 4.62. The second-order valence-electron chi connectivity index (χ2n) is 4.80. The van der Waals surface area contributed by atoms with Crippen molar-refractivity contribution in [3.63, 3.8) is 0 Å². The number of ether oxygens (including phenoxy) is 1. The maximum Gasteiger partial charge on any atom is 0.227 e. The van der Waals surface area contributed by atoms with Gasteiger partial charge < -0.3 is 10.1 Å². The lowest BCUT2D eigenvalue weighted by Crippen LogP contribution is -2.06. The minimum absolute atomic E-state index is 0.605. The van der Waals surface area contributed by atoms with Crippen molar-refractivity contribution in [1.29, 1.82) is 0 Å². The minimum atomic E-state index is 0.605. The lowest BCUT2D eigenvalue weighted by molar-refractivity contribution is 0.451. The maximum absolute atomic E-state index is 5.99. The number of hydrogen-bond acceptors (Lipinski definition) is 4. The third-order valence-electron chi connectivity index (χ3n) is 3.09. The molecule has 0 amide bonds.